The molecule has 2 aliphatic rings. The van der Waals surface area contributed by atoms with Crippen molar-refractivity contribution in [1.29, 1.82) is 0 Å². The van der Waals surface area contributed by atoms with Crippen molar-refractivity contribution in [2.45, 2.75) is 23.6 Å². The lowest BCUT2D eigenvalue weighted by Crippen LogP contribution is -2.39. The second kappa shape index (κ2) is 4.69. The van der Waals surface area contributed by atoms with Gasteiger partial charge in [0.1, 0.15) is 0 Å². The molecule has 0 amide bonds. The second-order valence-corrected chi connectivity index (χ2v) is 7.51. The Bertz CT molecular complexity index is 659. The zero-order valence-corrected chi connectivity index (χ0v) is 11.7. The fourth-order valence-corrected chi connectivity index (χ4v) is 4.59. The Hall–Kier alpha value is -1.12. The standard InChI is InChI=1S/C13H14F3NO3S/c14-13(15,16)9-2-1-3-10(5-9)21(19,20)17-6-8-4-12(18)11(8)7-17/h1-3,5,8,11-12,18H,4,6-7H2/t8-,11+,12+/m1/s1. The third-order valence-electron chi connectivity index (χ3n) is 4.30. The first-order chi connectivity index (χ1) is 9.69. The van der Waals surface area contributed by atoms with Gasteiger partial charge in [0.2, 0.25) is 10.0 Å². The Labute approximate surface area is 120 Å². The van der Waals surface area contributed by atoms with E-state index in [-0.39, 0.29) is 29.8 Å². The maximum absolute atomic E-state index is 12.7. The van der Waals surface area contributed by atoms with Crippen LogP contribution >= 0.6 is 0 Å². The average molecular weight is 321 g/mol. The molecule has 0 aromatic heterocycles. The Morgan fingerprint density at radius 2 is 1.95 bits per heavy atom. The van der Waals surface area contributed by atoms with Crippen molar-refractivity contribution >= 4 is 10.0 Å². The van der Waals surface area contributed by atoms with Crippen LogP contribution in [0, 0.1) is 11.8 Å². The Balaban J connectivity index is 1.89. The van der Waals surface area contributed by atoms with Gasteiger partial charge in [-0.1, -0.05) is 6.07 Å². The van der Waals surface area contributed by atoms with Gasteiger partial charge in [0, 0.05) is 19.0 Å². The maximum atomic E-state index is 12.7. The molecule has 1 aromatic carbocycles. The highest BCUT2D eigenvalue weighted by Crippen LogP contribution is 2.42. The summed E-state index contributed by atoms with van der Waals surface area (Å²) < 4.78 is 64.0. The smallest absolute Gasteiger partial charge is 0.393 e. The SMILES string of the molecule is O=S(=O)(c1cccc(C(F)(F)F)c1)N1C[C@H]2C[C@H](O)[C@H]2C1. The van der Waals surface area contributed by atoms with E-state index in [2.05, 4.69) is 0 Å². The van der Waals surface area contributed by atoms with Crippen molar-refractivity contribution < 1.29 is 26.7 Å². The fraction of sp³-hybridized carbons (Fsp3) is 0.538. The lowest BCUT2D eigenvalue weighted by molar-refractivity contribution is -0.137. The number of hydrogen-bond acceptors (Lipinski definition) is 3. The summed E-state index contributed by atoms with van der Waals surface area (Å²) in [4.78, 5) is -0.354. The predicted octanol–water partition coefficient (Wildman–Crippen LogP) is 1.71. The molecule has 21 heavy (non-hydrogen) atoms. The van der Waals surface area contributed by atoms with Crippen molar-refractivity contribution in [1.82, 2.24) is 4.31 Å². The first kappa shape index (κ1) is 14.8. The van der Waals surface area contributed by atoms with Gasteiger partial charge in [-0.25, -0.2) is 8.42 Å². The third kappa shape index (κ3) is 2.45. The highest BCUT2D eigenvalue weighted by Gasteiger charge is 2.49. The number of fused-ring (bicyclic) bond motifs is 1. The van der Waals surface area contributed by atoms with Crippen LogP contribution in [0.25, 0.3) is 0 Å². The monoisotopic (exact) mass is 321 g/mol. The highest BCUT2D eigenvalue weighted by molar-refractivity contribution is 7.89. The first-order valence-corrected chi connectivity index (χ1v) is 7.99. The maximum Gasteiger partial charge on any atom is 0.416 e. The van der Waals surface area contributed by atoms with Crippen molar-refractivity contribution in [3.05, 3.63) is 29.8 Å². The minimum Gasteiger partial charge on any atom is -0.393 e. The van der Waals surface area contributed by atoms with E-state index in [1.54, 1.807) is 0 Å². The lowest BCUT2D eigenvalue weighted by Gasteiger charge is -2.34. The second-order valence-electron chi connectivity index (χ2n) is 5.57. The average Bonchev–Trinajstić information content (AvgIpc) is 2.76. The molecule has 1 aliphatic carbocycles. The molecule has 1 saturated heterocycles. The number of halogens is 3. The van der Waals surface area contributed by atoms with Crippen molar-refractivity contribution in [2.24, 2.45) is 11.8 Å². The number of aliphatic hydroxyl groups is 1. The quantitative estimate of drug-likeness (QED) is 0.902. The van der Waals surface area contributed by atoms with Crippen LogP contribution in [0.1, 0.15) is 12.0 Å². The van der Waals surface area contributed by atoms with Crippen LogP contribution in [0.15, 0.2) is 29.2 Å². The van der Waals surface area contributed by atoms with E-state index >= 15 is 0 Å². The van der Waals surface area contributed by atoms with Gasteiger partial charge in [0.15, 0.2) is 0 Å². The third-order valence-corrected chi connectivity index (χ3v) is 6.12. The van der Waals surface area contributed by atoms with Crippen LogP contribution in [0.5, 0.6) is 0 Å². The molecule has 1 N–H and O–H groups in total. The van der Waals surface area contributed by atoms with E-state index in [1.165, 1.54) is 10.4 Å². The molecule has 116 valence electrons. The summed E-state index contributed by atoms with van der Waals surface area (Å²) in [6.07, 6.45) is -4.53. The summed E-state index contributed by atoms with van der Waals surface area (Å²) in [5.74, 6) is 0.0196. The molecule has 1 aliphatic heterocycles. The molecule has 2 fully saturated rings. The lowest BCUT2D eigenvalue weighted by atomic mass is 9.74. The summed E-state index contributed by atoms with van der Waals surface area (Å²) in [6.45, 7) is 0.435. The van der Waals surface area contributed by atoms with E-state index in [0.717, 1.165) is 12.1 Å². The van der Waals surface area contributed by atoms with E-state index in [4.69, 9.17) is 0 Å². The molecular formula is C13H14F3NO3S. The number of sulfonamides is 1. The first-order valence-electron chi connectivity index (χ1n) is 6.55. The van der Waals surface area contributed by atoms with Crippen LogP contribution in [0.4, 0.5) is 13.2 Å². The molecule has 0 radical (unpaired) electrons. The Morgan fingerprint density at radius 3 is 2.52 bits per heavy atom. The summed E-state index contributed by atoms with van der Waals surface area (Å²) in [5, 5.41) is 9.55. The van der Waals surface area contributed by atoms with Gasteiger partial charge in [-0.3, -0.25) is 0 Å². The van der Waals surface area contributed by atoms with Gasteiger partial charge in [-0.2, -0.15) is 17.5 Å². The number of nitrogens with zero attached hydrogens (tertiary/aromatic N) is 1. The molecule has 1 saturated carbocycles. The molecule has 4 nitrogen and oxygen atoms in total. The van der Waals surface area contributed by atoms with Gasteiger partial charge in [-0.15, -0.1) is 0 Å². The van der Waals surface area contributed by atoms with Crippen LogP contribution in [0.3, 0.4) is 0 Å². The van der Waals surface area contributed by atoms with Crippen molar-refractivity contribution in [3.63, 3.8) is 0 Å². The summed E-state index contributed by atoms with van der Waals surface area (Å²) >= 11 is 0. The highest BCUT2D eigenvalue weighted by atomic mass is 32.2. The molecule has 3 rings (SSSR count). The number of alkyl halides is 3. The van der Waals surface area contributed by atoms with Gasteiger partial charge < -0.3 is 5.11 Å². The summed E-state index contributed by atoms with van der Waals surface area (Å²) in [5.41, 5.74) is -0.981. The minimum atomic E-state index is -4.58. The topological polar surface area (TPSA) is 57.6 Å². The van der Waals surface area contributed by atoms with Gasteiger partial charge >= 0.3 is 6.18 Å². The van der Waals surface area contributed by atoms with Crippen LogP contribution in [0.2, 0.25) is 0 Å². The van der Waals surface area contributed by atoms with Crippen LogP contribution < -0.4 is 0 Å². The van der Waals surface area contributed by atoms with Gasteiger partial charge in [-0.05, 0) is 30.5 Å². The molecule has 1 aromatic rings. The van der Waals surface area contributed by atoms with Crippen molar-refractivity contribution in [3.8, 4) is 0 Å². The molecular weight excluding hydrogens is 307 g/mol. The summed E-state index contributed by atoms with van der Waals surface area (Å²) in [7, 11) is -3.95. The largest absolute Gasteiger partial charge is 0.416 e. The minimum absolute atomic E-state index is 0.0921. The normalized spacial score (nSPS) is 30.0. The summed E-state index contributed by atoms with van der Waals surface area (Å²) in [6, 6.07) is 3.76. The number of benzene rings is 1. The fourth-order valence-electron chi connectivity index (χ4n) is 3.01. The molecule has 3 atom stereocenters. The van der Waals surface area contributed by atoms with Crippen LogP contribution in [-0.4, -0.2) is 37.0 Å². The number of aliphatic hydroxyl groups excluding tert-OH is 1. The number of rotatable bonds is 2. The van der Waals surface area contributed by atoms with E-state index in [1.807, 2.05) is 0 Å². The Morgan fingerprint density at radius 1 is 1.24 bits per heavy atom. The Kier molecular flexibility index (Phi) is 3.30. The molecule has 0 unspecified atom stereocenters. The van der Waals surface area contributed by atoms with Crippen LogP contribution in [-0.2, 0) is 16.2 Å². The molecule has 0 spiro atoms. The van der Waals surface area contributed by atoms with E-state index in [9.17, 15) is 26.7 Å². The molecule has 8 heteroatoms. The number of hydrogen-bond donors (Lipinski definition) is 1. The van der Waals surface area contributed by atoms with Gasteiger partial charge in [0.05, 0.1) is 16.6 Å². The zero-order valence-electron chi connectivity index (χ0n) is 10.9. The molecule has 0 bridgehead atoms. The molecule has 1 heterocycles. The van der Waals surface area contributed by atoms with E-state index < -0.39 is 27.9 Å². The zero-order chi connectivity index (χ0) is 15.4. The van der Waals surface area contributed by atoms with Crippen molar-refractivity contribution in [2.75, 3.05) is 13.1 Å². The predicted molar refractivity (Wildman–Crippen MR) is 67.8 cm³/mol. The van der Waals surface area contributed by atoms with Gasteiger partial charge in [0.25, 0.3) is 0 Å². The van der Waals surface area contributed by atoms with E-state index in [0.29, 0.717) is 12.5 Å².